The van der Waals surface area contributed by atoms with Crippen LogP contribution in [0.2, 0.25) is 5.02 Å². The van der Waals surface area contributed by atoms with Crippen LogP contribution in [0.15, 0.2) is 36.7 Å². The Labute approximate surface area is 128 Å². The number of hydrogen-bond acceptors (Lipinski definition) is 5. The van der Waals surface area contributed by atoms with Crippen LogP contribution in [0.5, 0.6) is 0 Å². The van der Waals surface area contributed by atoms with E-state index in [-0.39, 0.29) is 0 Å². The lowest BCUT2D eigenvalue weighted by molar-refractivity contribution is 0.641. The number of aromatic nitrogens is 2. The highest BCUT2D eigenvalue weighted by Crippen LogP contribution is 2.25. The van der Waals surface area contributed by atoms with Crippen LogP contribution in [0.4, 0.5) is 11.6 Å². The second-order valence-electron chi connectivity index (χ2n) is 4.77. The van der Waals surface area contributed by atoms with Crippen LogP contribution >= 0.6 is 11.6 Å². The van der Waals surface area contributed by atoms with Crippen molar-refractivity contribution in [1.82, 2.24) is 9.97 Å². The SMILES string of the molecule is N#Cc1cccnc1N1CCN(c2ncccc2Cl)CC1. The maximum absolute atomic E-state index is 9.16. The first-order valence-corrected chi connectivity index (χ1v) is 7.13. The van der Waals surface area contributed by atoms with Crippen LogP contribution in [0.1, 0.15) is 5.56 Å². The monoisotopic (exact) mass is 299 g/mol. The fourth-order valence-electron chi connectivity index (χ4n) is 2.48. The van der Waals surface area contributed by atoms with Crippen LogP contribution in [0.25, 0.3) is 0 Å². The molecule has 3 rings (SSSR count). The van der Waals surface area contributed by atoms with Crippen LogP contribution in [-0.4, -0.2) is 36.1 Å². The Kier molecular flexibility index (Phi) is 3.89. The summed E-state index contributed by atoms with van der Waals surface area (Å²) in [5.74, 6) is 1.58. The van der Waals surface area contributed by atoms with E-state index in [0.29, 0.717) is 10.6 Å². The number of anilines is 2. The highest BCUT2D eigenvalue weighted by Gasteiger charge is 2.22. The largest absolute Gasteiger partial charge is 0.352 e. The molecular weight excluding hydrogens is 286 g/mol. The van der Waals surface area contributed by atoms with Gasteiger partial charge in [-0.15, -0.1) is 0 Å². The molecule has 0 bridgehead atoms. The number of rotatable bonds is 2. The average Bonchev–Trinajstić information content (AvgIpc) is 2.55. The van der Waals surface area contributed by atoms with Gasteiger partial charge in [-0.2, -0.15) is 5.26 Å². The quantitative estimate of drug-likeness (QED) is 0.852. The summed E-state index contributed by atoms with van der Waals surface area (Å²) in [4.78, 5) is 13.0. The van der Waals surface area contributed by atoms with E-state index in [0.717, 1.165) is 37.8 Å². The van der Waals surface area contributed by atoms with E-state index in [4.69, 9.17) is 16.9 Å². The van der Waals surface area contributed by atoms with E-state index < -0.39 is 0 Å². The molecule has 2 aromatic heterocycles. The van der Waals surface area contributed by atoms with Gasteiger partial charge in [0.05, 0.1) is 10.6 Å². The molecule has 0 saturated carbocycles. The van der Waals surface area contributed by atoms with Gasteiger partial charge in [0.1, 0.15) is 17.7 Å². The Balaban J connectivity index is 1.74. The van der Waals surface area contributed by atoms with Crippen molar-refractivity contribution >= 4 is 23.2 Å². The van der Waals surface area contributed by atoms with Crippen molar-refractivity contribution in [2.75, 3.05) is 36.0 Å². The molecule has 0 unspecified atom stereocenters. The van der Waals surface area contributed by atoms with Crippen LogP contribution in [-0.2, 0) is 0 Å². The minimum Gasteiger partial charge on any atom is -0.352 e. The van der Waals surface area contributed by atoms with Gasteiger partial charge in [0, 0.05) is 38.6 Å². The lowest BCUT2D eigenvalue weighted by Gasteiger charge is -2.36. The summed E-state index contributed by atoms with van der Waals surface area (Å²) in [6.07, 6.45) is 3.47. The molecule has 6 heteroatoms. The number of hydrogen-bond donors (Lipinski definition) is 0. The Hall–Kier alpha value is -2.32. The van der Waals surface area contributed by atoms with Gasteiger partial charge in [-0.1, -0.05) is 11.6 Å². The summed E-state index contributed by atoms with van der Waals surface area (Å²) in [6.45, 7) is 3.19. The van der Waals surface area contributed by atoms with Gasteiger partial charge in [0.25, 0.3) is 0 Å². The van der Waals surface area contributed by atoms with Crippen molar-refractivity contribution in [3.63, 3.8) is 0 Å². The molecule has 0 aliphatic carbocycles. The summed E-state index contributed by atoms with van der Waals surface area (Å²) in [5.41, 5.74) is 0.613. The number of nitriles is 1. The van der Waals surface area contributed by atoms with E-state index in [1.807, 2.05) is 12.1 Å². The van der Waals surface area contributed by atoms with E-state index in [2.05, 4.69) is 25.8 Å². The average molecular weight is 300 g/mol. The zero-order chi connectivity index (χ0) is 14.7. The summed E-state index contributed by atoms with van der Waals surface area (Å²) in [7, 11) is 0. The molecule has 3 heterocycles. The van der Waals surface area contributed by atoms with Crippen molar-refractivity contribution in [2.45, 2.75) is 0 Å². The Morgan fingerprint density at radius 1 is 0.952 bits per heavy atom. The lowest BCUT2D eigenvalue weighted by Crippen LogP contribution is -2.47. The number of pyridine rings is 2. The summed E-state index contributed by atoms with van der Waals surface area (Å²) < 4.78 is 0. The van der Waals surface area contributed by atoms with Gasteiger partial charge < -0.3 is 9.80 Å². The van der Waals surface area contributed by atoms with Crippen molar-refractivity contribution in [2.24, 2.45) is 0 Å². The summed E-state index contributed by atoms with van der Waals surface area (Å²) in [6, 6.07) is 9.45. The minimum absolute atomic E-state index is 0.613. The summed E-state index contributed by atoms with van der Waals surface area (Å²) in [5, 5.41) is 9.83. The molecule has 0 radical (unpaired) electrons. The zero-order valence-corrected chi connectivity index (χ0v) is 12.2. The van der Waals surface area contributed by atoms with Crippen molar-refractivity contribution < 1.29 is 0 Å². The second kappa shape index (κ2) is 5.98. The van der Waals surface area contributed by atoms with Gasteiger partial charge in [-0.3, -0.25) is 0 Å². The van der Waals surface area contributed by atoms with Crippen LogP contribution < -0.4 is 9.80 Å². The van der Waals surface area contributed by atoms with E-state index >= 15 is 0 Å². The third kappa shape index (κ3) is 2.76. The molecule has 1 fully saturated rings. The zero-order valence-electron chi connectivity index (χ0n) is 11.4. The van der Waals surface area contributed by atoms with Gasteiger partial charge in [0.2, 0.25) is 0 Å². The second-order valence-corrected chi connectivity index (χ2v) is 5.18. The molecular formula is C15H14ClN5. The van der Waals surface area contributed by atoms with Crippen LogP contribution in [0, 0.1) is 11.3 Å². The number of piperazine rings is 1. The molecule has 21 heavy (non-hydrogen) atoms. The predicted molar refractivity (Wildman–Crippen MR) is 82.6 cm³/mol. The van der Waals surface area contributed by atoms with E-state index in [1.165, 1.54) is 0 Å². The standard InChI is InChI=1S/C15H14ClN5/c16-13-4-2-6-19-15(13)21-9-7-20(8-10-21)14-12(11-17)3-1-5-18-14/h1-6H,7-10H2. The first kappa shape index (κ1) is 13.7. The fourth-order valence-corrected chi connectivity index (χ4v) is 2.72. The molecule has 0 atom stereocenters. The molecule has 0 spiro atoms. The molecule has 0 N–H and O–H groups in total. The maximum atomic E-state index is 9.16. The Morgan fingerprint density at radius 3 is 2.14 bits per heavy atom. The molecule has 0 aromatic carbocycles. The third-order valence-electron chi connectivity index (χ3n) is 3.52. The van der Waals surface area contributed by atoms with Gasteiger partial charge in [-0.25, -0.2) is 9.97 Å². The Morgan fingerprint density at radius 2 is 1.52 bits per heavy atom. The van der Waals surface area contributed by atoms with Crippen molar-refractivity contribution in [3.8, 4) is 6.07 Å². The Bertz CT molecular complexity index is 674. The van der Waals surface area contributed by atoms with Gasteiger partial charge in [0.15, 0.2) is 0 Å². The van der Waals surface area contributed by atoms with E-state index in [1.54, 1.807) is 24.5 Å². The van der Waals surface area contributed by atoms with Gasteiger partial charge in [-0.05, 0) is 24.3 Å². The van der Waals surface area contributed by atoms with E-state index in [9.17, 15) is 0 Å². The van der Waals surface area contributed by atoms with Gasteiger partial charge >= 0.3 is 0 Å². The molecule has 1 saturated heterocycles. The maximum Gasteiger partial charge on any atom is 0.147 e. The number of halogens is 1. The first-order chi connectivity index (χ1) is 10.3. The molecule has 1 aliphatic heterocycles. The number of nitrogens with zero attached hydrogens (tertiary/aromatic N) is 5. The highest BCUT2D eigenvalue weighted by atomic mass is 35.5. The molecule has 2 aromatic rings. The highest BCUT2D eigenvalue weighted by molar-refractivity contribution is 6.32. The van der Waals surface area contributed by atoms with Crippen molar-refractivity contribution in [1.29, 1.82) is 5.26 Å². The first-order valence-electron chi connectivity index (χ1n) is 6.75. The van der Waals surface area contributed by atoms with Crippen molar-refractivity contribution in [3.05, 3.63) is 47.2 Å². The molecule has 5 nitrogen and oxygen atoms in total. The smallest absolute Gasteiger partial charge is 0.147 e. The van der Waals surface area contributed by atoms with Crippen LogP contribution in [0.3, 0.4) is 0 Å². The summed E-state index contributed by atoms with van der Waals surface area (Å²) >= 11 is 6.19. The topological polar surface area (TPSA) is 56.1 Å². The predicted octanol–water partition coefficient (Wildman–Crippen LogP) is 2.33. The lowest BCUT2D eigenvalue weighted by atomic mass is 10.2. The minimum atomic E-state index is 0.613. The molecule has 106 valence electrons. The normalized spacial score (nSPS) is 14.9. The molecule has 1 aliphatic rings. The third-order valence-corrected chi connectivity index (χ3v) is 3.82. The molecule has 0 amide bonds. The fraction of sp³-hybridized carbons (Fsp3) is 0.267.